The molecule has 1 aliphatic carbocycles. The molecule has 1 fully saturated rings. The summed E-state index contributed by atoms with van der Waals surface area (Å²) in [6.07, 6.45) is 2.65. The summed E-state index contributed by atoms with van der Waals surface area (Å²) >= 11 is 1.76. The highest BCUT2D eigenvalue weighted by Gasteiger charge is 2.26. The SMILES string of the molecule is C[C@@H](N)c1csc(C2CC2)n1. The van der Waals surface area contributed by atoms with E-state index in [1.165, 1.54) is 17.8 Å². The Bertz CT molecular complexity index is 234. The topological polar surface area (TPSA) is 38.9 Å². The third-order valence-corrected chi connectivity index (χ3v) is 2.96. The Labute approximate surface area is 70.5 Å². The van der Waals surface area contributed by atoms with Crippen LogP contribution < -0.4 is 5.73 Å². The van der Waals surface area contributed by atoms with Gasteiger partial charge in [-0.2, -0.15) is 0 Å². The number of rotatable bonds is 2. The lowest BCUT2D eigenvalue weighted by molar-refractivity contribution is 0.782. The largest absolute Gasteiger partial charge is 0.323 e. The Hall–Kier alpha value is -0.410. The number of nitrogens with two attached hydrogens (primary N) is 1. The summed E-state index contributed by atoms with van der Waals surface area (Å²) in [6, 6.07) is 0.0961. The van der Waals surface area contributed by atoms with Gasteiger partial charge in [0.2, 0.25) is 0 Å². The summed E-state index contributed by atoms with van der Waals surface area (Å²) < 4.78 is 0. The van der Waals surface area contributed by atoms with Gasteiger partial charge in [0.1, 0.15) is 0 Å². The lowest BCUT2D eigenvalue weighted by atomic mass is 10.3. The molecule has 11 heavy (non-hydrogen) atoms. The lowest BCUT2D eigenvalue weighted by Crippen LogP contribution is -2.04. The summed E-state index contributed by atoms with van der Waals surface area (Å²) in [6.45, 7) is 1.98. The van der Waals surface area contributed by atoms with Crippen LogP contribution in [0.5, 0.6) is 0 Å². The van der Waals surface area contributed by atoms with E-state index < -0.39 is 0 Å². The molecule has 60 valence electrons. The molecule has 0 spiro atoms. The summed E-state index contributed by atoms with van der Waals surface area (Å²) in [7, 11) is 0. The smallest absolute Gasteiger partial charge is 0.0959 e. The van der Waals surface area contributed by atoms with Crippen molar-refractivity contribution in [3.8, 4) is 0 Å². The highest BCUT2D eigenvalue weighted by atomic mass is 32.1. The molecule has 0 radical (unpaired) electrons. The number of nitrogens with zero attached hydrogens (tertiary/aromatic N) is 1. The Morgan fingerprint density at radius 3 is 2.91 bits per heavy atom. The molecule has 1 saturated carbocycles. The van der Waals surface area contributed by atoms with Crippen molar-refractivity contribution >= 4 is 11.3 Å². The van der Waals surface area contributed by atoms with E-state index in [-0.39, 0.29) is 6.04 Å². The molecule has 1 aliphatic rings. The molecule has 1 heterocycles. The molecule has 0 saturated heterocycles. The van der Waals surface area contributed by atoms with E-state index in [4.69, 9.17) is 5.73 Å². The van der Waals surface area contributed by atoms with E-state index in [0.717, 1.165) is 11.6 Å². The normalized spacial score (nSPS) is 20.2. The molecule has 2 N–H and O–H groups in total. The Morgan fingerprint density at radius 2 is 2.45 bits per heavy atom. The molecule has 0 unspecified atom stereocenters. The zero-order valence-electron chi connectivity index (χ0n) is 6.58. The van der Waals surface area contributed by atoms with Crippen molar-refractivity contribution < 1.29 is 0 Å². The molecule has 1 aromatic rings. The molecule has 0 aliphatic heterocycles. The molecule has 1 aromatic heterocycles. The van der Waals surface area contributed by atoms with Crippen LogP contribution in [-0.2, 0) is 0 Å². The predicted molar refractivity (Wildman–Crippen MR) is 46.7 cm³/mol. The van der Waals surface area contributed by atoms with Crippen LogP contribution in [0.1, 0.15) is 42.4 Å². The first kappa shape index (κ1) is 7.25. The Kier molecular flexibility index (Phi) is 1.69. The number of hydrogen-bond acceptors (Lipinski definition) is 3. The first-order valence-electron chi connectivity index (χ1n) is 3.98. The predicted octanol–water partition coefficient (Wildman–Crippen LogP) is 2.04. The van der Waals surface area contributed by atoms with Gasteiger partial charge in [-0.05, 0) is 19.8 Å². The van der Waals surface area contributed by atoms with Gasteiger partial charge in [0.25, 0.3) is 0 Å². The average molecular weight is 168 g/mol. The molecule has 1 atom stereocenters. The van der Waals surface area contributed by atoms with Crippen molar-refractivity contribution in [3.05, 3.63) is 16.1 Å². The maximum atomic E-state index is 5.69. The third-order valence-electron chi connectivity index (χ3n) is 1.93. The van der Waals surface area contributed by atoms with Gasteiger partial charge in [-0.3, -0.25) is 0 Å². The van der Waals surface area contributed by atoms with Crippen molar-refractivity contribution in [2.45, 2.75) is 31.7 Å². The average Bonchev–Trinajstić information content (AvgIpc) is 2.68. The molecular weight excluding hydrogens is 156 g/mol. The van der Waals surface area contributed by atoms with Gasteiger partial charge in [-0.1, -0.05) is 0 Å². The molecule has 0 amide bonds. The zero-order valence-corrected chi connectivity index (χ0v) is 7.40. The van der Waals surface area contributed by atoms with Gasteiger partial charge < -0.3 is 5.73 Å². The first-order valence-corrected chi connectivity index (χ1v) is 4.86. The van der Waals surface area contributed by atoms with Crippen LogP contribution >= 0.6 is 11.3 Å². The summed E-state index contributed by atoms with van der Waals surface area (Å²) in [5.41, 5.74) is 6.74. The summed E-state index contributed by atoms with van der Waals surface area (Å²) in [4.78, 5) is 4.47. The van der Waals surface area contributed by atoms with Crippen molar-refractivity contribution in [1.29, 1.82) is 0 Å². The quantitative estimate of drug-likeness (QED) is 0.734. The van der Waals surface area contributed by atoms with E-state index >= 15 is 0 Å². The van der Waals surface area contributed by atoms with E-state index in [2.05, 4.69) is 10.4 Å². The fourth-order valence-electron chi connectivity index (χ4n) is 1.03. The Balaban J connectivity index is 2.18. The second kappa shape index (κ2) is 2.57. The van der Waals surface area contributed by atoms with Crippen LogP contribution in [0.4, 0.5) is 0 Å². The zero-order chi connectivity index (χ0) is 7.84. The van der Waals surface area contributed by atoms with Crippen LogP contribution in [0.2, 0.25) is 0 Å². The van der Waals surface area contributed by atoms with Crippen LogP contribution in [0.3, 0.4) is 0 Å². The maximum Gasteiger partial charge on any atom is 0.0959 e. The van der Waals surface area contributed by atoms with Gasteiger partial charge in [0, 0.05) is 17.3 Å². The van der Waals surface area contributed by atoms with Crippen molar-refractivity contribution in [2.75, 3.05) is 0 Å². The minimum absolute atomic E-state index is 0.0961. The minimum Gasteiger partial charge on any atom is -0.323 e. The highest BCUT2D eigenvalue weighted by Crippen LogP contribution is 2.41. The lowest BCUT2D eigenvalue weighted by Gasteiger charge is -1.96. The van der Waals surface area contributed by atoms with Crippen LogP contribution in [0, 0.1) is 0 Å². The van der Waals surface area contributed by atoms with Gasteiger partial charge in [0.05, 0.1) is 10.7 Å². The number of thiazole rings is 1. The standard InChI is InChI=1S/C8H12N2S/c1-5(9)7-4-11-8(10-7)6-2-3-6/h4-6H,2-3,9H2,1H3/t5-/m1/s1. The fourth-order valence-corrected chi connectivity index (χ4v) is 2.12. The monoisotopic (exact) mass is 168 g/mol. The van der Waals surface area contributed by atoms with Gasteiger partial charge >= 0.3 is 0 Å². The van der Waals surface area contributed by atoms with E-state index in [1.807, 2.05) is 6.92 Å². The minimum atomic E-state index is 0.0961. The molecule has 0 aromatic carbocycles. The first-order chi connectivity index (χ1) is 5.27. The van der Waals surface area contributed by atoms with Crippen LogP contribution in [-0.4, -0.2) is 4.98 Å². The summed E-state index contributed by atoms with van der Waals surface area (Å²) in [5, 5.41) is 3.37. The second-order valence-corrected chi connectivity index (χ2v) is 4.06. The van der Waals surface area contributed by atoms with E-state index in [9.17, 15) is 0 Å². The van der Waals surface area contributed by atoms with Gasteiger partial charge in [-0.15, -0.1) is 11.3 Å². The van der Waals surface area contributed by atoms with Gasteiger partial charge in [-0.25, -0.2) is 4.98 Å². The molecule has 0 bridgehead atoms. The highest BCUT2D eigenvalue weighted by molar-refractivity contribution is 7.09. The molecular formula is C8H12N2S. The van der Waals surface area contributed by atoms with Crippen molar-refractivity contribution in [1.82, 2.24) is 4.98 Å². The second-order valence-electron chi connectivity index (χ2n) is 3.17. The number of aromatic nitrogens is 1. The Morgan fingerprint density at radius 1 is 1.73 bits per heavy atom. The van der Waals surface area contributed by atoms with Crippen LogP contribution in [0.15, 0.2) is 5.38 Å². The third kappa shape index (κ3) is 1.44. The maximum absolute atomic E-state index is 5.69. The van der Waals surface area contributed by atoms with E-state index in [0.29, 0.717) is 0 Å². The molecule has 3 heteroatoms. The summed E-state index contributed by atoms with van der Waals surface area (Å²) in [5.74, 6) is 0.771. The number of hydrogen-bond donors (Lipinski definition) is 1. The fraction of sp³-hybridized carbons (Fsp3) is 0.625. The van der Waals surface area contributed by atoms with E-state index in [1.54, 1.807) is 11.3 Å². The van der Waals surface area contributed by atoms with Crippen molar-refractivity contribution in [3.63, 3.8) is 0 Å². The van der Waals surface area contributed by atoms with Gasteiger partial charge in [0.15, 0.2) is 0 Å². The molecule has 2 nitrogen and oxygen atoms in total. The van der Waals surface area contributed by atoms with Crippen molar-refractivity contribution in [2.24, 2.45) is 5.73 Å². The van der Waals surface area contributed by atoms with Crippen LogP contribution in [0.25, 0.3) is 0 Å². The molecule has 2 rings (SSSR count).